The summed E-state index contributed by atoms with van der Waals surface area (Å²) in [5, 5.41) is 5.66. The first kappa shape index (κ1) is 15.8. The fraction of sp³-hybridized carbons (Fsp3) is 0.0800. The molecule has 0 amide bonds. The monoisotopic (exact) mass is 376 g/mol. The molecule has 1 aliphatic heterocycles. The zero-order valence-electron chi connectivity index (χ0n) is 16.0. The van der Waals surface area contributed by atoms with Crippen LogP contribution < -0.4 is 10.4 Å². The summed E-state index contributed by atoms with van der Waals surface area (Å²) in [4.78, 5) is 5.11. The molecule has 0 saturated heterocycles. The SMILES string of the molecule is C[Si]1(C)c2cccc3cccc(c23)-n2c(-c3ccccc3)nc3cccc1c32. The molecule has 5 aromatic rings. The van der Waals surface area contributed by atoms with Crippen LogP contribution in [0, 0.1) is 0 Å². The van der Waals surface area contributed by atoms with Crippen LogP contribution in [0.2, 0.25) is 13.1 Å². The van der Waals surface area contributed by atoms with Crippen LogP contribution in [-0.4, -0.2) is 17.6 Å². The van der Waals surface area contributed by atoms with Crippen molar-refractivity contribution < 1.29 is 0 Å². The van der Waals surface area contributed by atoms with E-state index >= 15 is 0 Å². The number of para-hydroxylation sites is 1. The first-order valence-electron chi connectivity index (χ1n) is 9.76. The first-order valence-corrected chi connectivity index (χ1v) is 12.8. The lowest BCUT2D eigenvalue weighted by atomic mass is 10.1. The van der Waals surface area contributed by atoms with Gasteiger partial charge >= 0.3 is 0 Å². The first-order chi connectivity index (χ1) is 13.7. The zero-order chi connectivity index (χ0) is 18.9. The van der Waals surface area contributed by atoms with Crippen LogP contribution in [0.25, 0.3) is 38.9 Å². The molecule has 28 heavy (non-hydrogen) atoms. The fourth-order valence-electron chi connectivity index (χ4n) is 4.82. The summed E-state index contributed by atoms with van der Waals surface area (Å²) in [7, 11) is -1.89. The smallest absolute Gasteiger partial charge is 0.145 e. The van der Waals surface area contributed by atoms with Crippen LogP contribution in [0.15, 0.2) is 84.9 Å². The number of benzene rings is 4. The van der Waals surface area contributed by atoms with Gasteiger partial charge in [0.05, 0.1) is 16.7 Å². The average Bonchev–Trinajstić information content (AvgIpc) is 3.09. The van der Waals surface area contributed by atoms with Gasteiger partial charge in [-0.3, -0.25) is 4.57 Å². The Labute approximate surface area is 165 Å². The van der Waals surface area contributed by atoms with Gasteiger partial charge in [0.1, 0.15) is 13.9 Å². The third-order valence-corrected chi connectivity index (χ3v) is 9.69. The van der Waals surface area contributed by atoms with Gasteiger partial charge in [0.25, 0.3) is 0 Å². The molecular formula is C25H20N2Si. The number of fused-ring (bicyclic) bond motifs is 1. The minimum atomic E-state index is -1.89. The standard InChI is InChI=1S/C25H20N2Si/c1-28(2)21-15-7-12-17-11-6-14-20(23(17)21)27-24-19(13-8-16-22(24)28)26-25(27)18-9-4-3-5-10-18/h3-16H,1-2H3. The second-order valence-corrected chi connectivity index (χ2v) is 12.4. The van der Waals surface area contributed by atoms with E-state index in [0.29, 0.717) is 0 Å². The molecule has 1 aromatic heterocycles. The summed E-state index contributed by atoms with van der Waals surface area (Å²) in [5.74, 6) is 1.03. The minimum absolute atomic E-state index is 1.03. The van der Waals surface area contributed by atoms with E-state index in [4.69, 9.17) is 4.98 Å². The summed E-state index contributed by atoms with van der Waals surface area (Å²) in [6.45, 7) is 4.94. The van der Waals surface area contributed by atoms with Gasteiger partial charge in [-0.25, -0.2) is 4.98 Å². The van der Waals surface area contributed by atoms with Crippen molar-refractivity contribution in [3.63, 3.8) is 0 Å². The van der Waals surface area contributed by atoms with Crippen molar-refractivity contribution in [2.45, 2.75) is 13.1 Å². The summed E-state index contributed by atoms with van der Waals surface area (Å²) in [5.41, 5.74) is 4.77. The number of hydrogen-bond donors (Lipinski definition) is 0. The number of rotatable bonds is 1. The van der Waals surface area contributed by atoms with Crippen LogP contribution in [0.4, 0.5) is 0 Å². The number of imidazole rings is 1. The van der Waals surface area contributed by atoms with E-state index in [-0.39, 0.29) is 0 Å². The highest BCUT2D eigenvalue weighted by Gasteiger charge is 2.35. The molecule has 0 unspecified atom stereocenters. The van der Waals surface area contributed by atoms with Crippen LogP contribution in [0.1, 0.15) is 0 Å². The van der Waals surface area contributed by atoms with E-state index in [1.807, 2.05) is 0 Å². The van der Waals surface area contributed by atoms with Gasteiger partial charge in [-0.15, -0.1) is 0 Å². The molecule has 2 heterocycles. The molecule has 0 bridgehead atoms. The minimum Gasteiger partial charge on any atom is -0.292 e. The van der Waals surface area contributed by atoms with Crippen molar-refractivity contribution >= 4 is 40.3 Å². The van der Waals surface area contributed by atoms with Gasteiger partial charge in [0.2, 0.25) is 0 Å². The van der Waals surface area contributed by atoms with Gasteiger partial charge in [-0.2, -0.15) is 0 Å². The van der Waals surface area contributed by atoms with E-state index in [1.165, 1.54) is 32.3 Å². The van der Waals surface area contributed by atoms with Gasteiger partial charge in [-0.05, 0) is 27.9 Å². The maximum atomic E-state index is 5.11. The van der Waals surface area contributed by atoms with Crippen LogP contribution >= 0.6 is 0 Å². The summed E-state index contributed by atoms with van der Waals surface area (Å²) >= 11 is 0. The average molecular weight is 377 g/mol. The van der Waals surface area contributed by atoms with Crippen molar-refractivity contribution in [3.8, 4) is 17.1 Å². The van der Waals surface area contributed by atoms with Crippen LogP contribution in [0.3, 0.4) is 0 Å². The molecule has 0 saturated carbocycles. The number of hydrogen-bond acceptors (Lipinski definition) is 1. The molecule has 0 atom stereocenters. The van der Waals surface area contributed by atoms with E-state index in [1.54, 1.807) is 0 Å². The van der Waals surface area contributed by atoms with Gasteiger partial charge in [0, 0.05) is 10.9 Å². The third-order valence-electron chi connectivity index (χ3n) is 6.18. The van der Waals surface area contributed by atoms with Crippen molar-refractivity contribution in [3.05, 3.63) is 84.9 Å². The molecular weight excluding hydrogens is 356 g/mol. The number of aromatic nitrogens is 2. The maximum Gasteiger partial charge on any atom is 0.145 e. The van der Waals surface area contributed by atoms with Crippen molar-refractivity contribution in [1.29, 1.82) is 0 Å². The second-order valence-electron chi connectivity index (χ2n) is 8.12. The molecule has 6 rings (SSSR count). The molecule has 4 aromatic carbocycles. The lowest BCUT2D eigenvalue weighted by molar-refractivity contribution is 1.12. The zero-order valence-corrected chi connectivity index (χ0v) is 17.0. The van der Waals surface area contributed by atoms with Crippen LogP contribution in [-0.2, 0) is 0 Å². The molecule has 134 valence electrons. The Bertz CT molecular complexity index is 1380. The van der Waals surface area contributed by atoms with Gasteiger partial charge in [0.15, 0.2) is 0 Å². The van der Waals surface area contributed by atoms with Gasteiger partial charge in [-0.1, -0.05) is 85.9 Å². The van der Waals surface area contributed by atoms with Gasteiger partial charge < -0.3 is 0 Å². The molecule has 0 aliphatic carbocycles. The Hall–Kier alpha value is -3.17. The van der Waals surface area contributed by atoms with Crippen molar-refractivity contribution in [1.82, 2.24) is 9.55 Å². The lowest BCUT2D eigenvalue weighted by Gasteiger charge is -2.24. The summed E-state index contributed by atoms with van der Waals surface area (Å²) < 4.78 is 2.41. The second kappa shape index (κ2) is 5.43. The Morgan fingerprint density at radius 2 is 1.43 bits per heavy atom. The predicted molar refractivity (Wildman–Crippen MR) is 121 cm³/mol. The van der Waals surface area contributed by atoms with Crippen molar-refractivity contribution in [2.24, 2.45) is 0 Å². The fourth-order valence-corrected chi connectivity index (χ4v) is 7.86. The Morgan fingerprint density at radius 1 is 0.714 bits per heavy atom. The van der Waals surface area contributed by atoms with E-state index < -0.39 is 8.07 Å². The largest absolute Gasteiger partial charge is 0.292 e. The number of nitrogens with zero attached hydrogens (tertiary/aromatic N) is 2. The molecule has 1 aliphatic rings. The Morgan fingerprint density at radius 3 is 2.25 bits per heavy atom. The van der Waals surface area contributed by atoms with E-state index in [9.17, 15) is 0 Å². The topological polar surface area (TPSA) is 17.8 Å². The lowest BCUT2D eigenvalue weighted by Crippen LogP contribution is -2.53. The highest BCUT2D eigenvalue weighted by Crippen LogP contribution is 2.34. The molecule has 0 fully saturated rings. The Kier molecular flexibility index (Phi) is 3.07. The highest BCUT2D eigenvalue weighted by atomic mass is 28.3. The van der Waals surface area contributed by atoms with E-state index in [2.05, 4.69) is 103 Å². The molecule has 2 nitrogen and oxygen atoms in total. The summed E-state index contributed by atoms with van der Waals surface area (Å²) in [6, 6.07) is 30.7. The van der Waals surface area contributed by atoms with Crippen molar-refractivity contribution in [2.75, 3.05) is 0 Å². The maximum absolute atomic E-state index is 5.11. The molecule has 0 N–H and O–H groups in total. The summed E-state index contributed by atoms with van der Waals surface area (Å²) in [6.07, 6.45) is 0. The normalized spacial score (nSPS) is 14.4. The predicted octanol–water partition coefficient (Wildman–Crippen LogP) is 4.98. The highest BCUT2D eigenvalue weighted by molar-refractivity contribution is 7.03. The molecule has 0 spiro atoms. The van der Waals surface area contributed by atoms with E-state index in [0.717, 1.165) is 16.9 Å². The quantitative estimate of drug-likeness (QED) is 0.377. The van der Waals surface area contributed by atoms with Crippen LogP contribution in [0.5, 0.6) is 0 Å². The molecule has 3 heteroatoms. The third kappa shape index (κ3) is 1.94. The molecule has 0 radical (unpaired) electrons. The Balaban J connectivity index is 1.90.